The molecule has 1 aliphatic heterocycles. The highest BCUT2D eigenvalue weighted by Crippen LogP contribution is 2.26. The fourth-order valence-electron chi connectivity index (χ4n) is 2.51. The molecule has 1 atom stereocenters. The standard InChI is InChI=1S/C15H14F2N4O2S/c16-11-2-1-10(4-12(11)17)21-6-8(3-13(21)22)14(23)19-5-9-7-24-15(18)20-9/h1-2,4,7-8H,3,5-6H2,(H2,18,20)(H,19,23)/t8-/m0/s1. The molecular weight excluding hydrogens is 338 g/mol. The van der Waals surface area contributed by atoms with Crippen LogP contribution in [0.1, 0.15) is 12.1 Å². The van der Waals surface area contributed by atoms with Gasteiger partial charge in [-0.05, 0) is 12.1 Å². The van der Waals surface area contributed by atoms with Gasteiger partial charge in [0.05, 0.1) is 18.2 Å². The van der Waals surface area contributed by atoms with Gasteiger partial charge >= 0.3 is 0 Å². The summed E-state index contributed by atoms with van der Waals surface area (Å²) in [4.78, 5) is 29.6. The van der Waals surface area contributed by atoms with E-state index in [1.54, 1.807) is 5.38 Å². The van der Waals surface area contributed by atoms with Gasteiger partial charge < -0.3 is 16.0 Å². The Balaban J connectivity index is 1.63. The summed E-state index contributed by atoms with van der Waals surface area (Å²) in [5.74, 6) is -3.17. The van der Waals surface area contributed by atoms with E-state index >= 15 is 0 Å². The molecule has 1 saturated heterocycles. The number of carbonyl (C=O) groups is 2. The van der Waals surface area contributed by atoms with Crippen LogP contribution in [0.25, 0.3) is 0 Å². The number of rotatable bonds is 4. The predicted octanol–water partition coefficient (Wildman–Crippen LogP) is 1.67. The minimum atomic E-state index is -1.03. The number of nitrogens with zero attached hydrogens (tertiary/aromatic N) is 2. The molecule has 1 aromatic carbocycles. The van der Waals surface area contributed by atoms with E-state index in [1.807, 2.05) is 0 Å². The number of nitrogens with two attached hydrogens (primary N) is 1. The predicted molar refractivity (Wildman–Crippen MR) is 85.2 cm³/mol. The Labute approximate surface area is 140 Å². The van der Waals surface area contributed by atoms with E-state index in [4.69, 9.17) is 5.73 Å². The third-order valence-corrected chi connectivity index (χ3v) is 4.45. The molecule has 2 aromatic rings. The quantitative estimate of drug-likeness (QED) is 0.876. The van der Waals surface area contributed by atoms with Crippen LogP contribution < -0.4 is 16.0 Å². The minimum absolute atomic E-state index is 0.0179. The van der Waals surface area contributed by atoms with Crippen LogP contribution in [0.4, 0.5) is 19.6 Å². The summed E-state index contributed by atoms with van der Waals surface area (Å²) in [6.07, 6.45) is 0.0179. The second kappa shape index (κ2) is 6.52. The minimum Gasteiger partial charge on any atom is -0.375 e. The molecule has 24 heavy (non-hydrogen) atoms. The van der Waals surface area contributed by atoms with Gasteiger partial charge in [0.25, 0.3) is 0 Å². The van der Waals surface area contributed by atoms with E-state index in [-0.39, 0.29) is 37.0 Å². The zero-order valence-corrected chi connectivity index (χ0v) is 13.3. The van der Waals surface area contributed by atoms with Crippen molar-refractivity contribution in [1.82, 2.24) is 10.3 Å². The van der Waals surface area contributed by atoms with Crippen LogP contribution in [-0.4, -0.2) is 23.3 Å². The van der Waals surface area contributed by atoms with E-state index < -0.39 is 17.6 Å². The maximum absolute atomic E-state index is 13.3. The van der Waals surface area contributed by atoms with Crippen LogP contribution in [-0.2, 0) is 16.1 Å². The van der Waals surface area contributed by atoms with E-state index in [2.05, 4.69) is 10.3 Å². The van der Waals surface area contributed by atoms with Gasteiger partial charge in [0, 0.05) is 30.1 Å². The average molecular weight is 352 g/mol. The molecular formula is C15H14F2N4O2S. The van der Waals surface area contributed by atoms with Crippen molar-refractivity contribution in [2.24, 2.45) is 5.92 Å². The number of carbonyl (C=O) groups excluding carboxylic acids is 2. The molecule has 1 aliphatic rings. The number of anilines is 2. The van der Waals surface area contributed by atoms with Crippen molar-refractivity contribution in [3.8, 4) is 0 Å². The molecule has 3 N–H and O–H groups in total. The summed E-state index contributed by atoms with van der Waals surface area (Å²) in [7, 11) is 0. The lowest BCUT2D eigenvalue weighted by atomic mass is 10.1. The lowest BCUT2D eigenvalue weighted by molar-refractivity contribution is -0.126. The van der Waals surface area contributed by atoms with Crippen molar-refractivity contribution in [3.63, 3.8) is 0 Å². The molecule has 9 heteroatoms. The molecule has 0 unspecified atom stereocenters. The summed E-state index contributed by atoms with van der Waals surface area (Å²) in [5.41, 5.74) is 6.40. The number of nitrogens with one attached hydrogen (secondary N) is 1. The number of amides is 2. The van der Waals surface area contributed by atoms with Gasteiger partial charge in [-0.15, -0.1) is 11.3 Å². The Kier molecular flexibility index (Phi) is 4.43. The third-order valence-electron chi connectivity index (χ3n) is 3.72. The highest BCUT2D eigenvalue weighted by atomic mass is 32.1. The Morgan fingerprint density at radius 3 is 2.88 bits per heavy atom. The first-order valence-corrected chi connectivity index (χ1v) is 8.05. The maximum atomic E-state index is 13.3. The summed E-state index contributed by atoms with van der Waals surface area (Å²) in [5, 5.41) is 4.86. The largest absolute Gasteiger partial charge is 0.375 e. The van der Waals surface area contributed by atoms with Crippen molar-refractivity contribution in [2.75, 3.05) is 17.2 Å². The van der Waals surface area contributed by atoms with Crippen molar-refractivity contribution in [3.05, 3.63) is 40.9 Å². The van der Waals surface area contributed by atoms with E-state index in [0.29, 0.717) is 10.8 Å². The van der Waals surface area contributed by atoms with Gasteiger partial charge in [0.2, 0.25) is 11.8 Å². The monoisotopic (exact) mass is 352 g/mol. The molecule has 0 spiro atoms. The molecule has 0 aliphatic carbocycles. The molecule has 1 fully saturated rings. The molecule has 0 saturated carbocycles. The van der Waals surface area contributed by atoms with E-state index in [9.17, 15) is 18.4 Å². The smallest absolute Gasteiger partial charge is 0.227 e. The van der Waals surface area contributed by atoms with Gasteiger partial charge in [-0.3, -0.25) is 9.59 Å². The number of thiazole rings is 1. The lowest BCUT2D eigenvalue weighted by Gasteiger charge is -2.16. The molecule has 0 bridgehead atoms. The molecule has 126 valence electrons. The van der Waals surface area contributed by atoms with Crippen LogP contribution in [0.2, 0.25) is 0 Å². The lowest BCUT2D eigenvalue weighted by Crippen LogP contribution is -2.32. The van der Waals surface area contributed by atoms with Gasteiger partial charge in [0.15, 0.2) is 16.8 Å². The van der Waals surface area contributed by atoms with Crippen molar-refractivity contribution < 1.29 is 18.4 Å². The fraction of sp³-hybridized carbons (Fsp3) is 0.267. The van der Waals surface area contributed by atoms with Crippen LogP contribution in [0.3, 0.4) is 0 Å². The van der Waals surface area contributed by atoms with E-state index in [1.165, 1.54) is 22.3 Å². The first-order chi connectivity index (χ1) is 11.4. The summed E-state index contributed by atoms with van der Waals surface area (Å²) >= 11 is 1.28. The average Bonchev–Trinajstić information content (AvgIpc) is 3.14. The van der Waals surface area contributed by atoms with Crippen molar-refractivity contribution in [1.29, 1.82) is 0 Å². The van der Waals surface area contributed by atoms with Crippen LogP contribution in [0.5, 0.6) is 0 Å². The van der Waals surface area contributed by atoms with Gasteiger partial charge in [-0.25, -0.2) is 13.8 Å². The third kappa shape index (κ3) is 3.35. The zero-order valence-electron chi connectivity index (χ0n) is 12.5. The second-order valence-electron chi connectivity index (χ2n) is 5.40. The second-order valence-corrected chi connectivity index (χ2v) is 6.29. The molecule has 2 heterocycles. The van der Waals surface area contributed by atoms with Crippen LogP contribution in [0.15, 0.2) is 23.6 Å². The number of nitrogen functional groups attached to an aromatic ring is 1. The Morgan fingerprint density at radius 1 is 1.42 bits per heavy atom. The Hall–Kier alpha value is -2.55. The fourth-order valence-corrected chi connectivity index (χ4v) is 3.07. The highest BCUT2D eigenvalue weighted by Gasteiger charge is 2.35. The number of aromatic nitrogens is 1. The van der Waals surface area contributed by atoms with Crippen LogP contribution in [0, 0.1) is 17.6 Å². The highest BCUT2D eigenvalue weighted by molar-refractivity contribution is 7.13. The van der Waals surface area contributed by atoms with Gasteiger partial charge in [0.1, 0.15) is 0 Å². The summed E-state index contributed by atoms with van der Waals surface area (Å²) < 4.78 is 26.3. The summed E-state index contributed by atoms with van der Waals surface area (Å²) in [6, 6.07) is 3.22. The Bertz CT molecular complexity index is 796. The molecule has 3 rings (SSSR count). The van der Waals surface area contributed by atoms with E-state index in [0.717, 1.165) is 12.1 Å². The molecule has 2 amide bonds. The topological polar surface area (TPSA) is 88.3 Å². The van der Waals surface area contributed by atoms with Crippen molar-refractivity contribution >= 4 is 34.0 Å². The number of hydrogen-bond donors (Lipinski definition) is 2. The molecule has 6 nitrogen and oxygen atoms in total. The normalized spacial score (nSPS) is 17.3. The first kappa shape index (κ1) is 16.3. The number of benzene rings is 1. The summed E-state index contributed by atoms with van der Waals surface area (Å²) in [6.45, 7) is 0.345. The molecule has 1 aromatic heterocycles. The van der Waals surface area contributed by atoms with Crippen LogP contribution >= 0.6 is 11.3 Å². The van der Waals surface area contributed by atoms with Crippen molar-refractivity contribution in [2.45, 2.75) is 13.0 Å². The number of hydrogen-bond acceptors (Lipinski definition) is 5. The SMILES string of the molecule is Nc1nc(CNC(=O)[C@H]2CC(=O)N(c3ccc(F)c(F)c3)C2)cs1. The number of halogens is 2. The maximum Gasteiger partial charge on any atom is 0.227 e. The Morgan fingerprint density at radius 2 is 2.21 bits per heavy atom. The zero-order chi connectivity index (χ0) is 17.3. The first-order valence-electron chi connectivity index (χ1n) is 7.17. The van der Waals surface area contributed by atoms with Gasteiger partial charge in [-0.2, -0.15) is 0 Å². The molecule has 0 radical (unpaired) electrons. The van der Waals surface area contributed by atoms with Gasteiger partial charge in [-0.1, -0.05) is 0 Å².